The summed E-state index contributed by atoms with van der Waals surface area (Å²) in [4.78, 5) is 2.40. The first-order chi connectivity index (χ1) is 5.61. The van der Waals surface area contributed by atoms with Crippen LogP contribution in [0, 0.1) is 5.92 Å². The maximum Gasteiger partial charge on any atom is 0.00793 e. The Morgan fingerprint density at radius 2 is 2.08 bits per heavy atom. The molecule has 1 aliphatic carbocycles. The Morgan fingerprint density at radius 3 is 2.50 bits per heavy atom. The predicted molar refractivity (Wildman–Crippen MR) is 53.1 cm³/mol. The second-order valence-electron chi connectivity index (χ2n) is 4.39. The molecule has 0 spiro atoms. The molecule has 0 aromatic heterocycles. The summed E-state index contributed by atoms with van der Waals surface area (Å²) in [5.41, 5.74) is 6.00. The molecular weight excluding hydrogens is 148 g/mol. The number of hydrogen-bond donors (Lipinski definition) is 1. The molecule has 0 aliphatic heterocycles. The Bertz CT molecular complexity index is 134. The summed E-state index contributed by atoms with van der Waals surface area (Å²) in [7, 11) is 2.19. The Labute approximate surface area is 76.1 Å². The topological polar surface area (TPSA) is 29.3 Å². The van der Waals surface area contributed by atoms with E-state index in [0.717, 1.165) is 5.92 Å². The zero-order valence-corrected chi connectivity index (χ0v) is 8.59. The Morgan fingerprint density at radius 1 is 1.42 bits per heavy atom. The van der Waals surface area contributed by atoms with Crippen molar-refractivity contribution >= 4 is 0 Å². The molecule has 2 nitrogen and oxygen atoms in total. The SMILES string of the molecule is CC(C)N(C)CC1CCCC1N. The van der Waals surface area contributed by atoms with E-state index in [1.807, 2.05) is 0 Å². The van der Waals surface area contributed by atoms with Gasteiger partial charge in [-0.3, -0.25) is 0 Å². The van der Waals surface area contributed by atoms with E-state index < -0.39 is 0 Å². The van der Waals surface area contributed by atoms with Crippen molar-refractivity contribution in [2.24, 2.45) is 11.7 Å². The normalized spacial score (nSPS) is 30.5. The molecule has 2 N–H and O–H groups in total. The fourth-order valence-electron chi connectivity index (χ4n) is 1.87. The van der Waals surface area contributed by atoms with Crippen molar-refractivity contribution in [3.05, 3.63) is 0 Å². The zero-order chi connectivity index (χ0) is 9.14. The van der Waals surface area contributed by atoms with Gasteiger partial charge in [-0.1, -0.05) is 6.42 Å². The Kier molecular flexibility index (Phi) is 3.53. The van der Waals surface area contributed by atoms with Gasteiger partial charge in [-0.05, 0) is 39.7 Å². The molecule has 1 rings (SSSR count). The van der Waals surface area contributed by atoms with Crippen LogP contribution in [0.2, 0.25) is 0 Å². The molecule has 1 aliphatic rings. The van der Waals surface area contributed by atoms with Crippen LogP contribution < -0.4 is 5.73 Å². The van der Waals surface area contributed by atoms with Crippen molar-refractivity contribution in [1.29, 1.82) is 0 Å². The molecule has 0 saturated heterocycles. The van der Waals surface area contributed by atoms with E-state index in [1.54, 1.807) is 0 Å². The molecule has 0 radical (unpaired) electrons. The van der Waals surface area contributed by atoms with Crippen LogP contribution in [0.15, 0.2) is 0 Å². The maximum atomic E-state index is 6.00. The molecule has 2 unspecified atom stereocenters. The Hall–Kier alpha value is -0.0800. The summed E-state index contributed by atoms with van der Waals surface area (Å²) in [6, 6.07) is 1.11. The first kappa shape index (κ1) is 10.0. The van der Waals surface area contributed by atoms with Gasteiger partial charge in [0, 0.05) is 18.6 Å². The first-order valence-electron chi connectivity index (χ1n) is 5.07. The van der Waals surface area contributed by atoms with Crippen molar-refractivity contribution in [3.8, 4) is 0 Å². The second-order valence-corrected chi connectivity index (χ2v) is 4.39. The minimum Gasteiger partial charge on any atom is -0.327 e. The summed E-state index contributed by atoms with van der Waals surface area (Å²) in [5.74, 6) is 0.748. The molecule has 0 bridgehead atoms. The fraction of sp³-hybridized carbons (Fsp3) is 1.00. The van der Waals surface area contributed by atoms with Gasteiger partial charge in [0.05, 0.1) is 0 Å². The van der Waals surface area contributed by atoms with Crippen LogP contribution >= 0.6 is 0 Å². The fourth-order valence-corrected chi connectivity index (χ4v) is 1.87. The van der Waals surface area contributed by atoms with E-state index in [0.29, 0.717) is 12.1 Å². The molecule has 0 aromatic rings. The molecular formula is C10H22N2. The molecule has 0 aromatic carbocycles. The minimum atomic E-state index is 0.464. The lowest BCUT2D eigenvalue weighted by Gasteiger charge is -2.26. The maximum absolute atomic E-state index is 6.00. The van der Waals surface area contributed by atoms with E-state index in [1.165, 1.54) is 25.8 Å². The smallest absolute Gasteiger partial charge is 0.00793 e. The average Bonchev–Trinajstić information content (AvgIpc) is 2.36. The van der Waals surface area contributed by atoms with Gasteiger partial charge in [0.2, 0.25) is 0 Å². The van der Waals surface area contributed by atoms with Crippen LogP contribution in [0.3, 0.4) is 0 Å². The molecule has 0 amide bonds. The Balaban J connectivity index is 2.30. The molecule has 2 heteroatoms. The lowest BCUT2D eigenvalue weighted by molar-refractivity contribution is 0.223. The third kappa shape index (κ3) is 2.46. The standard InChI is InChI=1S/C10H22N2/c1-8(2)12(3)7-9-5-4-6-10(9)11/h8-10H,4-7,11H2,1-3H3. The van der Waals surface area contributed by atoms with Gasteiger partial charge in [0.1, 0.15) is 0 Å². The highest BCUT2D eigenvalue weighted by atomic mass is 15.1. The van der Waals surface area contributed by atoms with Gasteiger partial charge >= 0.3 is 0 Å². The van der Waals surface area contributed by atoms with Crippen LogP contribution in [0.4, 0.5) is 0 Å². The van der Waals surface area contributed by atoms with Gasteiger partial charge < -0.3 is 10.6 Å². The lowest BCUT2D eigenvalue weighted by atomic mass is 10.0. The molecule has 1 saturated carbocycles. The van der Waals surface area contributed by atoms with Crippen molar-refractivity contribution in [2.45, 2.75) is 45.2 Å². The number of rotatable bonds is 3. The third-order valence-electron chi connectivity index (χ3n) is 3.12. The van der Waals surface area contributed by atoms with Gasteiger partial charge in [-0.2, -0.15) is 0 Å². The highest BCUT2D eigenvalue weighted by Gasteiger charge is 2.25. The van der Waals surface area contributed by atoms with Crippen molar-refractivity contribution in [1.82, 2.24) is 4.90 Å². The molecule has 2 atom stereocenters. The van der Waals surface area contributed by atoms with Crippen molar-refractivity contribution in [3.63, 3.8) is 0 Å². The van der Waals surface area contributed by atoms with E-state index in [9.17, 15) is 0 Å². The summed E-state index contributed by atoms with van der Waals surface area (Å²) in [6.07, 6.45) is 3.90. The van der Waals surface area contributed by atoms with Gasteiger partial charge in [-0.25, -0.2) is 0 Å². The van der Waals surface area contributed by atoms with E-state index in [4.69, 9.17) is 5.73 Å². The van der Waals surface area contributed by atoms with Crippen LogP contribution in [-0.4, -0.2) is 30.6 Å². The van der Waals surface area contributed by atoms with E-state index in [2.05, 4.69) is 25.8 Å². The molecule has 1 fully saturated rings. The second kappa shape index (κ2) is 4.24. The highest BCUT2D eigenvalue weighted by Crippen LogP contribution is 2.24. The molecule has 0 heterocycles. The first-order valence-corrected chi connectivity index (χ1v) is 5.07. The van der Waals surface area contributed by atoms with E-state index in [-0.39, 0.29) is 0 Å². The van der Waals surface area contributed by atoms with Crippen molar-refractivity contribution in [2.75, 3.05) is 13.6 Å². The highest BCUT2D eigenvalue weighted by molar-refractivity contribution is 4.82. The van der Waals surface area contributed by atoms with E-state index >= 15 is 0 Å². The number of nitrogens with two attached hydrogens (primary N) is 1. The van der Waals surface area contributed by atoms with Gasteiger partial charge in [0.15, 0.2) is 0 Å². The van der Waals surface area contributed by atoms with Crippen LogP contribution in [0.5, 0.6) is 0 Å². The van der Waals surface area contributed by atoms with Crippen LogP contribution in [-0.2, 0) is 0 Å². The predicted octanol–water partition coefficient (Wildman–Crippen LogP) is 1.45. The molecule has 72 valence electrons. The quantitative estimate of drug-likeness (QED) is 0.694. The van der Waals surface area contributed by atoms with Crippen LogP contribution in [0.1, 0.15) is 33.1 Å². The third-order valence-corrected chi connectivity index (χ3v) is 3.12. The van der Waals surface area contributed by atoms with Gasteiger partial charge in [0.25, 0.3) is 0 Å². The van der Waals surface area contributed by atoms with Crippen molar-refractivity contribution < 1.29 is 0 Å². The van der Waals surface area contributed by atoms with Crippen LogP contribution in [0.25, 0.3) is 0 Å². The minimum absolute atomic E-state index is 0.464. The number of hydrogen-bond acceptors (Lipinski definition) is 2. The molecule has 12 heavy (non-hydrogen) atoms. The average molecular weight is 170 g/mol. The lowest BCUT2D eigenvalue weighted by Crippen LogP contribution is -2.37. The summed E-state index contributed by atoms with van der Waals surface area (Å²) in [5, 5.41) is 0. The zero-order valence-electron chi connectivity index (χ0n) is 8.59. The number of nitrogens with zero attached hydrogens (tertiary/aromatic N) is 1. The summed E-state index contributed by atoms with van der Waals surface area (Å²) >= 11 is 0. The monoisotopic (exact) mass is 170 g/mol. The summed E-state index contributed by atoms with van der Waals surface area (Å²) < 4.78 is 0. The summed E-state index contributed by atoms with van der Waals surface area (Å²) in [6.45, 7) is 5.65. The van der Waals surface area contributed by atoms with Gasteiger partial charge in [-0.15, -0.1) is 0 Å². The largest absolute Gasteiger partial charge is 0.327 e.